The van der Waals surface area contributed by atoms with Gasteiger partial charge in [-0.05, 0) is 6.08 Å². The lowest BCUT2D eigenvalue weighted by Gasteiger charge is -2.42. The van der Waals surface area contributed by atoms with Crippen molar-refractivity contribution in [3.8, 4) is 0 Å². The lowest BCUT2D eigenvalue weighted by atomic mass is 9.97. The Kier molecular flexibility index (Phi) is 10.4. The number of phosphoric acid groups is 2. The van der Waals surface area contributed by atoms with Gasteiger partial charge in [0.05, 0.1) is 13.2 Å². The zero-order valence-corrected chi connectivity index (χ0v) is 21.9. The number of hydrogen-bond donors (Lipinski definition) is 9. The zero-order chi connectivity index (χ0) is 30.0. The van der Waals surface area contributed by atoms with Crippen LogP contribution in [0.4, 0.5) is 0 Å². The third-order valence-electron chi connectivity index (χ3n) is 5.68. The van der Waals surface area contributed by atoms with Crippen molar-refractivity contribution in [2.45, 2.75) is 55.2 Å². The third-order valence-corrected chi connectivity index (χ3v) is 8.28. The molecule has 20 nitrogen and oxygen atoms in total. The summed E-state index contributed by atoms with van der Waals surface area (Å²) in [6, 6.07) is -0.836. The second-order valence-corrected chi connectivity index (χ2v) is 11.4. The van der Waals surface area contributed by atoms with E-state index in [1.54, 1.807) is 0 Å². The standard InChI is InChI=1S/C18H27N3O17P2/c1-2-9(23)19-11-14(27)12(25)7(5-22)36-17(11)37-40(32,33)38-39(30,31)34-6-8-13(26)15(28)16(35-8)21-4-3-10(24)20-18(21)29/h2-4,7-8,11-17,22,25-28H,1,5-6H2,(H,19,23)(H,30,31)(H,32,33)(H,20,24,29)/t7-,8-,11-,12-,13-,14-,15-,16-,17-/m1/s1. The zero-order valence-electron chi connectivity index (χ0n) is 20.1. The summed E-state index contributed by atoms with van der Waals surface area (Å²) in [4.78, 5) is 56.8. The van der Waals surface area contributed by atoms with E-state index in [2.05, 4.69) is 25.3 Å². The number of ether oxygens (including phenoxy) is 2. The molecular weight excluding hydrogens is 592 g/mol. The van der Waals surface area contributed by atoms with Gasteiger partial charge >= 0.3 is 21.3 Å². The van der Waals surface area contributed by atoms with Gasteiger partial charge in [0.2, 0.25) is 5.91 Å². The van der Waals surface area contributed by atoms with Crippen LogP contribution in [0.3, 0.4) is 0 Å². The van der Waals surface area contributed by atoms with Crippen LogP contribution in [0.5, 0.6) is 0 Å². The van der Waals surface area contributed by atoms with E-state index < -0.39 is 101 Å². The van der Waals surface area contributed by atoms with Crippen LogP contribution in [-0.4, -0.2) is 113 Å². The molecule has 2 fully saturated rings. The number of aromatic amines is 1. The molecule has 0 spiro atoms. The lowest BCUT2D eigenvalue weighted by Crippen LogP contribution is -2.64. The molecule has 1 amide bonds. The smallest absolute Gasteiger partial charge is 0.394 e. The molecule has 0 aliphatic carbocycles. The molecule has 40 heavy (non-hydrogen) atoms. The molecule has 2 unspecified atom stereocenters. The van der Waals surface area contributed by atoms with Crippen molar-refractivity contribution in [2.24, 2.45) is 0 Å². The van der Waals surface area contributed by atoms with Crippen molar-refractivity contribution >= 4 is 21.6 Å². The monoisotopic (exact) mass is 619 g/mol. The first-order valence-electron chi connectivity index (χ1n) is 11.2. The molecule has 3 rings (SSSR count). The Morgan fingerprint density at radius 1 is 1.07 bits per heavy atom. The van der Waals surface area contributed by atoms with Gasteiger partial charge in [-0.25, -0.2) is 13.9 Å². The number of nitrogens with zero attached hydrogens (tertiary/aromatic N) is 1. The number of nitrogens with one attached hydrogen (secondary N) is 2. The second kappa shape index (κ2) is 12.8. The fourth-order valence-electron chi connectivity index (χ4n) is 3.75. The Balaban J connectivity index is 1.67. The highest BCUT2D eigenvalue weighted by molar-refractivity contribution is 7.61. The molecule has 0 radical (unpaired) electrons. The normalized spacial score (nSPS) is 35.4. The van der Waals surface area contributed by atoms with E-state index in [0.717, 1.165) is 22.9 Å². The van der Waals surface area contributed by atoms with Gasteiger partial charge in [-0.2, -0.15) is 4.31 Å². The summed E-state index contributed by atoms with van der Waals surface area (Å²) in [5, 5.41) is 52.1. The number of aromatic nitrogens is 2. The molecule has 22 heteroatoms. The number of carbonyl (C=O) groups excluding carboxylic acids is 1. The highest BCUT2D eigenvalue weighted by Gasteiger charge is 2.50. The van der Waals surface area contributed by atoms with Gasteiger partial charge in [0.25, 0.3) is 5.56 Å². The van der Waals surface area contributed by atoms with Gasteiger partial charge < -0.3 is 50.1 Å². The fourth-order valence-corrected chi connectivity index (χ4v) is 5.91. The Hall–Kier alpha value is -2.13. The molecule has 1 aromatic heterocycles. The van der Waals surface area contributed by atoms with E-state index in [1.165, 1.54) is 0 Å². The fraction of sp³-hybridized carbons (Fsp3) is 0.611. The van der Waals surface area contributed by atoms with Crippen LogP contribution in [-0.2, 0) is 36.8 Å². The first-order valence-corrected chi connectivity index (χ1v) is 14.2. The highest BCUT2D eigenvalue weighted by Crippen LogP contribution is 2.61. The number of aliphatic hydroxyl groups is 5. The Bertz CT molecular complexity index is 1290. The van der Waals surface area contributed by atoms with Crippen molar-refractivity contribution < 1.29 is 72.1 Å². The molecule has 226 valence electrons. The van der Waals surface area contributed by atoms with E-state index in [-0.39, 0.29) is 0 Å². The second-order valence-electron chi connectivity index (χ2n) is 8.43. The van der Waals surface area contributed by atoms with Gasteiger partial charge in [-0.15, -0.1) is 0 Å². The molecule has 2 saturated heterocycles. The van der Waals surface area contributed by atoms with Crippen molar-refractivity contribution in [1.29, 1.82) is 0 Å². The average molecular weight is 619 g/mol. The van der Waals surface area contributed by atoms with Gasteiger partial charge in [-0.3, -0.25) is 28.2 Å². The summed E-state index contributed by atoms with van der Waals surface area (Å²) >= 11 is 0. The Morgan fingerprint density at radius 2 is 1.73 bits per heavy atom. The number of amides is 1. The van der Waals surface area contributed by atoms with Crippen molar-refractivity contribution in [3.63, 3.8) is 0 Å². The molecule has 0 bridgehead atoms. The maximum Gasteiger partial charge on any atom is 0.483 e. The first-order chi connectivity index (χ1) is 18.6. The van der Waals surface area contributed by atoms with E-state index in [1.807, 2.05) is 4.98 Å². The summed E-state index contributed by atoms with van der Waals surface area (Å²) in [6.45, 7) is 1.21. The maximum atomic E-state index is 12.5. The quantitative estimate of drug-likeness (QED) is 0.0833. The largest absolute Gasteiger partial charge is 0.483 e. The number of phosphoric ester groups is 2. The average Bonchev–Trinajstić information content (AvgIpc) is 3.14. The number of rotatable bonds is 11. The molecule has 11 atom stereocenters. The van der Waals surface area contributed by atoms with Gasteiger partial charge in [0.1, 0.15) is 42.7 Å². The Morgan fingerprint density at radius 3 is 2.33 bits per heavy atom. The van der Waals surface area contributed by atoms with Crippen molar-refractivity contribution in [2.75, 3.05) is 13.2 Å². The van der Waals surface area contributed by atoms with E-state index in [9.17, 15) is 58.8 Å². The molecule has 0 saturated carbocycles. The van der Waals surface area contributed by atoms with Crippen LogP contribution >= 0.6 is 15.6 Å². The predicted molar refractivity (Wildman–Crippen MR) is 125 cm³/mol. The minimum atomic E-state index is -5.66. The van der Waals surface area contributed by atoms with Crippen LogP contribution in [0.2, 0.25) is 0 Å². The summed E-state index contributed by atoms with van der Waals surface area (Å²) in [6.07, 6.45) is -12.5. The summed E-state index contributed by atoms with van der Waals surface area (Å²) in [7, 11) is -11.2. The molecule has 1 aromatic rings. The summed E-state index contributed by atoms with van der Waals surface area (Å²) < 4.78 is 49.3. The van der Waals surface area contributed by atoms with Crippen molar-refractivity contribution in [3.05, 3.63) is 45.8 Å². The number of H-pyrrole nitrogens is 1. The van der Waals surface area contributed by atoms with E-state index >= 15 is 0 Å². The molecule has 0 aromatic carbocycles. The first kappa shape index (κ1) is 32.4. The van der Waals surface area contributed by atoms with Gasteiger partial charge in [0.15, 0.2) is 12.5 Å². The van der Waals surface area contributed by atoms with Crippen LogP contribution in [0.1, 0.15) is 6.23 Å². The van der Waals surface area contributed by atoms with E-state index in [0.29, 0.717) is 0 Å². The Labute approximate surface area is 223 Å². The molecule has 3 heterocycles. The summed E-state index contributed by atoms with van der Waals surface area (Å²) in [5.74, 6) is -0.944. The molecule has 2 aliphatic heterocycles. The highest BCUT2D eigenvalue weighted by atomic mass is 31.3. The number of carbonyl (C=O) groups is 1. The molecule has 2 aliphatic rings. The lowest BCUT2D eigenvalue weighted by molar-refractivity contribution is -0.247. The minimum Gasteiger partial charge on any atom is -0.394 e. The third kappa shape index (κ3) is 7.58. The summed E-state index contributed by atoms with van der Waals surface area (Å²) in [5.41, 5.74) is -1.76. The van der Waals surface area contributed by atoms with Gasteiger partial charge in [-0.1, -0.05) is 6.58 Å². The SMILES string of the molecule is C=CC(=O)N[C@H]1[C@@H](OP(=O)(O)OP(=O)(O)OC[C@H]2O[C@@H](n3ccc(=O)[nH]c3=O)[C@H](O)[C@@H]2O)O[C@H](CO)[C@@H](O)[C@@H]1O. The molecular formula is C18H27N3O17P2. The van der Waals surface area contributed by atoms with Crippen LogP contribution in [0.25, 0.3) is 0 Å². The van der Waals surface area contributed by atoms with Gasteiger partial charge in [0, 0.05) is 12.3 Å². The predicted octanol–water partition coefficient (Wildman–Crippen LogP) is -4.48. The van der Waals surface area contributed by atoms with Crippen molar-refractivity contribution in [1.82, 2.24) is 14.9 Å². The number of hydrogen-bond acceptors (Lipinski definition) is 15. The topological polar surface area (TPSA) is 306 Å². The minimum absolute atomic E-state index is 0.719. The van der Waals surface area contributed by atoms with Crippen LogP contribution < -0.4 is 16.6 Å². The van der Waals surface area contributed by atoms with Crippen LogP contribution in [0.15, 0.2) is 34.5 Å². The van der Waals surface area contributed by atoms with Crippen LogP contribution in [0, 0.1) is 0 Å². The van der Waals surface area contributed by atoms with E-state index in [4.69, 9.17) is 9.47 Å². The number of aliphatic hydroxyl groups excluding tert-OH is 5. The molecule has 9 N–H and O–H groups in total. The maximum absolute atomic E-state index is 12.5.